The Morgan fingerprint density at radius 3 is 2.63 bits per heavy atom. The average Bonchev–Trinajstić information content (AvgIpc) is 3.13. The molecule has 30 heavy (non-hydrogen) atoms. The zero-order valence-electron chi connectivity index (χ0n) is 18.3. The maximum Gasteiger partial charge on any atom is 0.255 e. The molecule has 2 aromatic heterocycles. The lowest BCUT2D eigenvalue weighted by atomic mass is 10.1. The van der Waals surface area contributed by atoms with E-state index in [0.717, 1.165) is 17.5 Å². The molecule has 1 aliphatic rings. The van der Waals surface area contributed by atoms with Gasteiger partial charge in [-0.1, -0.05) is 0 Å². The monoisotopic (exact) mass is 416 g/mol. The van der Waals surface area contributed by atoms with Crippen LogP contribution in [0.3, 0.4) is 0 Å². The van der Waals surface area contributed by atoms with E-state index in [1.54, 1.807) is 13.3 Å². The van der Waals surface area contributed by atoms with Gasteiger partial charge in [0.25, 0.3) is 5.91 Å². The lowest BCUT2D eigenvalue weighted by molar-refractivity contribution is -0.122. The predicted octanol–water partition coefficient (Wildman–Crippen LogP) is 1.23. The molecule has 0 radical (unpaired) electrons. The molecule has 3 heterocycles. The van der Waals surface area contributed by atoms with Gasteiger partial charge in [0.2, 0.25) is 5.91 Å². The summed E-state index contributed by atoms with van der Waals surface area (Å²) in [5.41, 5.74) is 2.14. The highest BCUT2D eigenvalue weighted by atomic mass is 16.5. The van der Waals surface area contributed by atoms with Gasteiger partial charge in [0.15, 0.2) is 5.65 Å². The van der Waals surface area contributed by atoms with Crippen LogP contribution in [0.1, 0.15) is 42.4 Å². The number of rotatable bonds is 8. The summed E-state index contributed by atoms with van der Waals surface area (Å²) in [5.74, 6) is 0.00130. The highest BCUT2D eigenvalue weighted by Gasteiger charge is 2.25. The van der Waals surface area contributed by atoms with Crippen LogP contribution in [0, 0.1) is 6.92 Å². The third-order valence-corrected chi connectivity index (χ3v) is 5.35. The minimum Gasteiger partial charge on any atom is -0.385 e. The van der Waals surface area contributed by atoms with Crippen molar-refractivity contribution < 1.29 is 14.3 Å². The van der Waals surface area contributed by atoms with E-state index in [1.165, 1.54) is 0 Å². The number of ether oxygens (including phenoxy) is 1. The zero-order chi connectivity index (χ0) is 21.7. The van der Waals surface area contributed by atoms with E-state index in [-0.39, 0.29) is 17.9 Å². The van der Waals surface area contributed by atoms with Gasteiger partial charge in [0.05, 0.1) is 24.0 Å². The van der Waals surface area contributed by atoms with Crippen LogP contribution in [0.5, 0.6) is 0 Å². The second-order valence-corrected chi connectivity index (χ2v) is 7.98. The molecule has 1 saturated heterocycles. The van der Waals surface area contributed by atoms with Crippen LogP contribution in [-0.2, 0) is 9.53 Å². The number of amides is 2. The molecule has 0 bridgehead atoms. The predicted molar refractivity (Wildman–Crippen MR) is 114 cm³/mol. The van der Waals surface area contributed by atoms with Crippen molar-refractivity contribution in [2.75, 3.05) is 53.0 Å². The van der Waals surface area contributed by atoms with Gasteiger partial charge < -0.3 is 15.0 Å². The molecule has 3 rings (SSSR count). The van der Waals surface area contributed by atoms with E-state index >= 15 is 0 Å². The normalized spacial score (nSPS) is 15.2. The summed E-state index contributed by atoms with van der Waals surface area (Å²) < 4.78 is 6.85. The van der Waals surface area contributed by atoms with Gasteiger partial charge in [-0.3, -0.25) is 14.5 Å². The Labute approximate surface area is 177 Å². The van der Waals surface area contributed by atoms with Crippen LogP contribution in [0.15, 0.2) is 12.3 Å². The summed E-state index contributed by atoms with van der Waals surface area (Å²) in [6.45, 7) is 10.1. The molecule has 9 nitrogen and oxygen atoms in total. The summed E-state index contributed by atoms with van der Waals surface area (Å²) >= 11 is 0. The van der Waals surface area contributed by atoms with Gasteiger partial charge in [-0.15, -0.1) is 0 Å². The second kappa shape index (κ2) is 9.99. The van der Waals surface area contributed by atoms with Crippen molar-refractivity contribution in [1.29, 1.82) is 0 Å². The van der Waals surface area contributed by atoms with E-state index in [0.29, 0.717) is 57.1 Å². The van der Waals surface area contributed by atoms with Crippen molar-refractivity contribution in [2.45, 2.75) is 33.2 Å². The van der Waals surface area contributed by atoms with Gasteiger partial charge in [0, 0.05) is 57.9 Å². The average molecular weight is 417 g/mol. The van der Waals surface area contributed by atoms with E-state index in [4.69, 9.17) is 4.74 Å². The third kappa shape index (κ3) is 5.14. The minimum atomic E-state index is -0.0112. The quantitative estimate of drug-likeness (QED) is 0.651. The second-order valence-electron chi connectivity index (χ2n) is 7.98. The summed E-state index contributed by atoms with van der Waals surface area (Å²) in [6.07, 6.45) is 2.57. The Balaban J connectivity index is 1.56. The molecule has 0 spiro atoms. The topological polar surface area (TPSA) is 92.6 Å². The molecule has 2 aromatic rings. The van der Waals surface area contributed by atoms with Gasteiger partial charge in [-0.25, -0.2) is 9.67 Å². The molecular formula is C21H32N6O3. The van der Waals surface area contributed by atoms with Gasteiger partial charge in [-0.2, -0.15) is 5.10 Å². The Kier molecular flexibility index (Phi) is 7.38. The van der Waals surface area contributed by atoms with Crippen LogP contribution >= 0.6 is 0 Å². The van der Waals surface area contributed by atoms with E-state index < -0.39 is 0 Å². The lowest BCUT2D eigenvalue weighted by Crippen LogP contribution is -2.51. The third-order valence-electron chi connectivity index (χ3n) is 5.35. The zero-order valence-corrected chi connectivity index (χ0v) is 18.3. The molecule has 1 N–H and O–H groups in total. The number of aryl methyl sites for hydroxylation is 1. The maximum atomic E-state index is 13.1. The fourth-order valence-electron chi connectivity index (χ4n) is 3.64. The fraction of sp³-hybridized carbons (Fsp3) is 0.619. The summed E-state index contributed by atoms with van der Waals surface area (Å²) in [5, 5.41) is 8.17. The number of hydrogen-bond acceptors (Lipinski definition) is 6. The molecule has 0 aliphatic carbocycles. The van der Waals surface area contributed by atoms with E-state index in [9.17, 15) is 9.59 Å². The largest absolute Gasteiger partial charge is 0.385 e. The highest BCUT2D eigenvalue weighted by molar-refractivity contribution is 5.98. The summed E-state index contributed by atoms with van der Waals surface area (Å²) in [4.78, 5) is 33.7. The Morgan fingerprint density at radius 1 is 1.23 bits per heavy atom. The van der Waals surface area contributed by atoms with Gasteiger partial charge >= 0.3 is 0 Å². The van der Waals surface area contributed by atoms with Crippen LogP contribution in [0.25, 0.3) is 11.0 Å². The van der Waals surface area contributed by atoms with Gasteiger partial charge in [0.1, 0.15) is 0 Å². The number of fused-ring (bicyclic) bond motifs is 1. The summed E-state index contributed by atoms with van der Waals surface area (Å²) in [7, 11) is 1.65. The molecule has 0 unspecified atom stereocenters. The van der Waals surface area contributed by atoms with Crippen LogP contribution in [-0.4, -0.2) is 89.4 Å². The fourth-order valence-corrected chi connectivity index (χ4v) is 3.64. The molecule has 2 amide bonds. The number of nitrogens with one attached hydrogen (secondary N) is 1. The smallest absolute Gasteiger partial charge is 0.255 e. The van der Waals surface area contributed by atoms with Crippen molar-refractivity contribution in [2.24, 2.45) is 0 Å². The first kappa shape index (κ1) is 22.2. The number of hydrogen-bond donors (Lipinski definition) is 1. The Hall–Kier alpha value is -2.52. The molecule has 164 valence electrons. The number of methoxy groups -OCH3 is 1. The molecule has 9 heteroatoms. The number of aromatic nitrogens is 3. The van der Waals surface area contributed by atoms with Crippen molar-refractivity contribution >= 4 is 22.8 Å². The molecule has 0 aromatic carbocycles. The SMILES string of the molecule is COCCCNC(=O)CN1CCN(C(=O)c2cc3cnn(C(C)C)c3nc2C)CC1. The Morgan fingerprint density at radius 2 is 1.97 bits per heavy atom. The number of carbonyl (C=O) groups is 2. The first-order valence-electron chi connectivity index (χ1n) is 10.5. The van der Waals surface area contributed by atoms with E-state index in [1.807, 2.05) is 22.6 Å². The number of nitrogens with zero attached hydrogens (tertiary/aromatic N) is 5. The first-order valence-corrected chi connectivity index (χ1v) is 10.5. The maximum absolute atomic E-state index is 13.1. The van der Waals surface area contributed by atoms with Crippen molar-refractivity contribution in [1.82, 2.24) is 29.9 Å². The van der Waals surface area contributed by atoms with Crippen LogP contribution in [0.2, 0.25) is 0 Å². The van der Waals surface area contributed by atoms with Crippen molar-refractivity contribution in [3.05, 3.63) is 23.5 Å². The number of pyridine rings is 1. The molecule has 0 saturated carbocycles. The molecular weight excluding hydrogens is 384 g/mol. The van der Waals surface area contributed by atoms with Gasteiger partial charge in [-0.05, 0) is 33.3 Å². The lowest BCUT2D eigenvalue weighted by Gasteiger charge is -2.34. The molecule has 1 aliphatic heterocycles. The number of piperazine rings is 1. The highest BCUT2D eigenvalue weighted by Crippen LogP contribution is 2.21. The van der Waals surface area contributed by atoms with E-state index in [2.05, 4.69) is 34.1 Å². The van der Waals surface area contributed by atoms with Crippen LogP contribution in [0.4, 0.5) is 0 Å². The van der Waals surface area contributed by atoms with Crippen molar-refractivity contribution in [3.63, 3.8) is 0 Å². The molecule has 0 atom stereocenters. The minimum absolute atomic E-state index is 0.0112. The first-order chi connectivity index (χ1) is 14.4. The standard InChI is InChI=1S/C21H32N6O3/c1-15(2)27-20-17(13-23-27)12-18(16(3)24-20)21(29)26-9-7-25(8-10-26)14-19(28)22-6-5-11-30-4/h12-13,15H,5-11,14H2,1-4H3,(H,22,28). The van der Waals surface area contributed by atoms with Crippen molar-refractivity contribution in [3.8, 4) is 0 Å². The van der Waals surface area contributed by atoms with Crippen LogP contribution < -0.4 is 5.32 Å². The number of carbonyl (C=O) groups excluding carboxylic acids is 2. The molecule has 1 fully saturated rings. The Bertz CT molecular complexity index is 886. The summed E-state index contributed by atoms with van der Waals surface area (Å²) in [6, 6.07) is 2.10.